The van der Waals surface area contributed by atoms with E-state index in [1.807, 2.05) is 11.8 Å². The first-order chi connectivity index (χ1) is 18.9. The molecule has 0 fully saturated rings. The Hall–Kier alpha value is -3.03. The van der Waals surface area contributed by atoms with Crippen LogP contribution in [0.3, 0.4) is 0 Å². The van der Waals surface area contributed by atoms with Crippen LogP contribution in [0.1, 0.15) is 83.5 Å². The van der Waals surface area contributed by atoms with Gasteiger partial charge in [0.05, 0.1) is 5.41 Å². The number of thioether (sulfide) groups is 1. The molecule has 0 unspecified atom stereocenters. The fourth-order valence-electron chi connectivity index (χ4n) is 7.93. The molecule has 2 aliphatic rings. The molecule has 0 atom stereocenters. The summed E-state index contributed by atoms with van der Waals surface area (Å²) in [7, 11) is 0. The van der Waals surface area contributed by atoms with E-state index >= 15 is 0 Å². The average molecular weight is 543 g/mol. The number of rotatable bonds is 0. The van der Waals surface area contributed by atoms with Crippen molar-refractivity contribution in [1.29, 1.82) is 0 Å². The van der Waals surface area contributed by atoms with Crippen LogP contribution in [0.2, 0.25) is 0 Å². The molecule has 4 aromatic rings. The van der Waals surface area contributed by atoms with Crippen molar-refractivity contribution in [2.45, 2.75) is 93.4 Å². The smallest absolute Gasteiger partial charge is 0.0668 e. The molecule has 1 aliphatic carbocycles. The molecule has 0 N–H and O–H groups in total. The first kappa shape index (κ1) is 27.2. The molecule has 1 aliphatic heterocycles. The van der Waals surface area contributed by atoms with Crippen LogP contribution in [0.25, 0.3) is 22.3 Å². The summed E-state index contributed by atoms with van der Waals surface area (Å²) in [6.07, 6.45) is 2.55. The Kier molecular flexibility index (Phi) is 6.10. The molecule has 40 heavy (non-hydrogen) atoms. The van der Waals surface area contributed by atoms with Gasteiger partial charge in [0.25, 0.3) is 0 Å². The zero-order valence-electron chi connectivity index (χ0n) is 26.4. The quantitative estimate of drug-likeness (QED) is 0.213. The van der Waals surface area contributed by atoms with Crippen molar-refractivity contribution in [2.75, 3.05) is 0 Å². The highest BCUT2D eigenvalue weighted by molar-refractivity contribution is 8.02. The van der Waals surface area contributed by atoms with Crippen LogP contribution >= 0.6 is 11.8 Å². The van der Waals surface area contributed by atoms with Crippen LogP contribution in [-0.2, 0) is 5.41 Å². The number of benzene rings is 4. The zero-order valence-corrected chi connectivity index (χ0v) is 27.2. The van der Waals surface area contributed by atoms with E-state index in [1.54, 1.807) is 0 Å². The molecule has 1 spiro atoms. The highest BCUT2D eigenvalue weighted by Gasteiger charge is 2.47. The Labute approximate surface area is 245 Å². The molecule has 1 heterocycles. The maximum Gasteiger partial charge on any atom is 0.0668 e. The molecule has 0 saturated heterocycles. The summed E-state index contributed by atoms with van der Waals surface area (Å²) in [5.74, 6) is 0. The Morgan fingerprint density at radius 2 is 0.800 bits per heavy atom. The molecule has 0 saturated carbocycles. The lowest BCUT2D eigenvalue weighted by Gasteiger charge is -2.41. The van der Waals surface area contributed by atoms with Gasteiger partial charge in [-0.2, -0.15) is 0 Å². The van der Waals surface area contributed by atoms with E-state index in [0.717, 1.165) is 0 Å². The highest BCUT2D eigenvalue weighted by Crippen LogP contribution is 2.61. The monoisotopic (exact) mass is 542 g/mol. The van der Waals surface area contributed by atoms with Crippen molar-refractivity contribution in [3.8, 4) is 22.3 Å². The first-order valence-electron chi connectivity index (χ1n) is 14.6. The Morgan fingerprint density at radius 1 is 0.425 bits per heavy atom. The second-order valence-electron chi connectivity index (χ2n) is 12.5. The molecule has 0 amide bonds. The predicted octanol–water partition coefficient (Wildman–Crippen LogP) is 11.0. The summed E-state index contributed by atoms with van der Waals surface area (Å²) in [5.41, 5.74) is 26.9. The van der Waals surface area contributed by atoms with Gasteiger partial charge in [0.1, 0.15) is 0 Å². The van der Waals surface area contributed by atoms with Gasteiger partial charge in [-0.3, -0.25) is 0 Å². The van der Waals surface area contributed by atoms with E-state index in [0.29, 0.717) is 0 Å². The van der Waals surface area contributed by atoms with Crippen molar-refractivity contribution in [2.24, 2.45) is 0 Å². The van der Waals surface area contributed by atoms with Gasteiger partial charge >= 0.3 is 0 Å². The van der Waals surface area contributed by atoms with E-state index in [2.05, 4.69) is 119 Å². The van der Waals surface area contributed by atoms with Gasteiger partial charge in [0.2, 0.25) is 0 Å². The zero-order chi connectivity index (χ0) is 29.0. The second kappa shape index (κ2) is 8.98. The molecule has 6 rings (SSSR count). The molecule has 204 valence electrons. The Bertz CT molecular complexity index is 1720. The average Bonchev–Trinajstić information content (AvgIpc) is 3.06. The number of hydrogen-bond donors (Lipinski definition) is 0. The molecular formula is C39H42S. The van der Waals surface area contributed by atoms with Crippen LogP contribution in [0.15, 0.2) is 40.6 Å². The molecular weight excluding hydrogens is 500 g/mol. The van der Waals surface area contributed by atoms with Crippen molar-refractivity contribution < 1.29 is 0 Å². The SMILES string of the molecule is Cc1c(C)c(C)c2c(c1C)-c1c(C)c(C)c(C)c(C)c1C1(C=CSc3ccccc31)c1c(C)c(C)c(C)c(C)c1-2. The van der Waals surface area contributed by atoms with Crippen LogP contribution < -0.4 is 0 Å². The minimum absolute atomic E-state index is 0.382. The van der Waals surface area contributed by atoms with E-state index in [9.17, 15) is 0 Å². The maximum absolute atomic E-state index is 2.55. The Balaban J connectivity index is 2.07. The van der Waals surface area contributed by atoms with Gasteiger partial charge in [-0.15, -0.1) is 0 Å². The van der Waals surface area contributed by atoms with Gasteiger partial charge in [-0.1, -0.05) is 36.0 Å². The normalized spacial score (nSPS) is 14.5. The molecule has 1 heteroatoms. The van der Waals surface area contributed by atoms with Gasteiger partial charge in [-0.05, 0) is 200 Å². The van der Waals surface area contributed by atoms with E-state index in [1.165, 1.54) is 111 Å². The van der Waals surface area contributed by atoms with Gasteiger partial charge in [-0.25, -0.2) is 0 Å². The summed E-state index contributed by atoms with van der Waals surface area (Å²) in [4.78, 5) is 1.36. The summed E-state index contributed by atoms with van der Waals surface area (Å²) in [5, 5.41) is 2.37. The number of allylic oxidation sites excluding steroid dienone is 1. The van der Waals surface area contributed by atoms with Crippen molar-refractivity contribution in [3.05, 3.63) is 119 Å². The van der Waals surface area contributed by atoms with E-state index in [4.69, 9.17) is 0 Å². The molecule has 0 bridgehead atoms. The Morgan fingerprint density at radius 3 is 1.25 bits per heavy atom. The lowest BCUT2D eigenvalue weighted by molar-refractivity contribution is 0.743. The number of fused-ring (bicyclic) bond motifs is 9. The number of hydrogen-bond acceptors (Lipinski definition) is 1. The van der Waals surface area contributed by atoms with Crippen molar-refractivity contribution in [1.82, 2.24) is 0 Å². The van der Waals surface area contributed by atoms with Crippen LogP contribution in [-0.4, -0.2) is 0 Å². The topological polar surface area (TPSA) is 0 Å². The summed E-state index contributed by atoms with van der Waals surface area (Å²) in [6.45, 7) is 28.3. The minimum Gasteiger partial charge on any atom is -0.0980 e. The third-order valence-electron chi connectivity index (χ3n) is 11.2. The molecule has 0 nitrogen and oxygen atoms in total. The summed E-state index contributed by atoms with van der Waals surface area (Å²) < 4.78 is 0. The van der Waals surface area contributed by atoms with Gasteiger partial charge in [0, 0.05) is 4.90 Å². The van der Waals surface area contributed by atoms with Crippen LogP contribution in [0, 0.1) is 83.1 Å². The summed E-state index contributed by atoms with van der Waals surface area (Å²) >= 11 is 1.86. The lowest BCUT2D eigenvalue weighted by Crippen LogP contribution is -2.33. The third-order valence-corrected chi connectivity index (χ3v) is 12.1. The fraction of sp³-hybridized carbons (Fsp3) is 0.333. The van der Waals surface area contributed by atoms with Crippen molar-refractivity contribution >= 4 is 11.8 Å². The van der Waals surface area contributed by atoms with Gasteiger partial charge in [0.15, 0.2) is 0 Å². The van der Waals surface area contributed by atoms with Gasteiger partial charge < -0.3 is 0 Å². The first-order valence-corrected chi connectivity index (χ1v) is 15.5. The third kappa shape index (κ3) is 3.16. The maximum atomic E-state index is 2.55. The van der Waals surface area contributed by atoms with E-state index < -0.39 is 0 Å². The summed E-state index contributed by atoms with van der Waals surface area (Å²) in [6, 6.07) is 9.17. The van der Waals surface area contributed by atoms with Crippen molar-refractivity contribution in [3.63, 3.8) is 0 Å². The van der Waals surface area contributed by atoms with E-state index in [-0.39, 0.29) is 5.41 Å². The lowest BCUT2D eigenvalue weighted by atomic mass is 9.63. The second-order valence-corrected chi connectivity index (χ2v) is 13.4. The molecule has 0 radical (unpaired) electrons. The predicted molar refractivity (Wildman–Crippen MR) is 175 cm³/mol. The largest absolute Gasteiger partial charge is 0.0980 e. The molecule has 0 aromatic heterocycles. The van der Waals surface area contributed by atoms with Crippen LogP contribution in [0.5, 0.6) is 0 Å². The highest BCUT2D eigenvalue weighted by atomic mass is 32.2. The molecule has 4 aromatic carbocycles. The minimum atomic E-state index is -0.382. The standard InChI is InChI=1S/C39H42S/c1-19-20(2)26(8)34-33(25(19)7)35-27(9)21(3)23(5)29(11)37(35)39(17-18-40-32-16-14-13-15-31(32)39)38-30(12)24(6)22(4)28(10)36(34)38/h13-18H,1-12H3. The fourth-order valence-corrected chi connectivity index (χ4v) is 8.86. The van der Waals surface area contributed by atoms with Crippen LogP contribution in [0.4, 0.5) is 0 Å².